The highest BCUT2D eigenvalue weighted by atomic mass is 79.9. The van der Waals surface area contributed by atoms with Crippen molar-refractivity contribution in [3.63, 3.8) is 0 Å². The van der Waals surface area contributed by atoms with Crippen LogP contribution in [-0.4, -0.2) is 11.6 Å². The van der Waals surface area contributed by atoms with Gasteiger partial charge in [-0.3, -0.25) is 9.59 Å². The molecule has 0 spiro atoms. The minimum absolute atomic E-state index is 0.137. The van der Waals surface area contributed by atoms with Crippen LogP contribution in [0.3, 0.4) is 0 Å². The van der Waals surface area contributed by atoms with Crippen LogP contribution in [0.1, 0.15) is 27.6 Å². The predicted octanol–water partition coefficient (Wildman–Crippen LogP) is 4.46. The molecule has 2 aromatic carbocycles. The Labute approximate surface area is 126 Å². The lowest BCUT2D eigenvalue weighted by Gasteiger charge is -2.02. The lowest BCUT2D eigenvalue weighted by Crippen LogP contribution is -2.04. The highest BCUT2D eigenvalue weighted by Crippen LogP contribution is 2.14. The van der Waals surface area contributed by atoms with Gasteiger partial charge >= 0.3 is 0 Å². The molecule has 0 N–H and O–H groups in total. The van der Waals surface area contributed by atoms with E-state index in [4.69, 9.17) is 0 Å². The van der Waals surface area contributed by atoms with E-state index in [9.17, 15) is 9.59 Å². The van der Waals surface area contributed by atoms with Gasteiger partial charge in [-0.25, -0.2) is 0 Å². The third kappa shape index (κ3) is 3.52. The molecule has 0 heterocycles. The minimum Gasteiger partial charge on any atom is -0.289 e. The first kappa shape index (κ1) is 14.4. The second-order valence-electron chi connectivity index (χ2n) is 4.39. The molecule has 0 amide bonds. The Morgan fingerprint density at radius 2 is 1.50 bits per heavy atom. The van der Waals surface area contributed by atoms with Crippen molar-refractivity contribution >= 4 is 27.5 Å². The first-order valence-electron chi connectivity index (χ1n) is 6.16. The molecule has 0 saturated carbocycles. The zero-order valence-electron chi connectivity index (χ0n) is 11.0. The second kappa shape index (κ2) is 6.44. The van der Waals surface area contributed by atoms with E-state index in [-0.39, 0.29) is 11.6 Å². The molecule has 2 aromatic rings. The van der Waals surface area contributed by atoms with Crippen molar-refractivity contribution in [2.45, 2.75) is 6.92 Å². The third-order valence-corrected chi connectivity index (χ3v) is 3.40. The normalized spacial score (nSPS) is 11.2. The summed E-state index contributed by atoms with van der Waals surface area (Å²) < 4.78 is 0.913. The Kier molecular flexibility index (Phi) is 4.64. The van der Waals surface area contributed by atoms with Crippen LogP contribution < -0.4 is 0 Å². The quantitative estimate of drug-likeness (QED) is 0.613. The van der Waals surface area contributed by atoms with E-state index in [2.05, 4.69) is 15.9 Å². The van der Waals surface area contributed by atoms with Crippen molar-refractivity contribution in [2.75, 3.05) is 0 Å². The molecule has 100 valence electrons. The molecule has 0 fully saturated rings. The molecule has 0 saturated heterocycles. The zero-order chi connectivity index (χ0) is 14.5. The first-order valence-corrected chi connectivity index (χ1v) is 6.95. The van der Waals surface area contributed by atoms with Crippen molar-refractivity contribution in [2.24, 2.45) is 0 Å². The molecule has 3 heteroatoms. The number of rotatable bonds is 4. The van der Waals surface area contributed by atoms with Gasteiger partial charge in [-0.2, -0.15) is 0 Å². The number of carbonyl (C=O) groups excluding carboxylic acids is 2. The maximum atomic E-state index is 12.2. The lowest BCUT2D eigenvalue weighted by molar-refractivity contribution is 0.101. The van der Waals surface area contributed by atoms with Crippen LogP contribution in [0, 0.1) is 0 Å². The van der Waals surface area contributed by atoms with E-state index < -0.39 is 0 Å². The maximum Gasteiger partial charge on any atom is 0.188 e. The Morgan fingerprint density at radius 1 is 0.900 bits per heavy atom. The fourth-order valence-corrected chi connectivity index (χ4v) is 2.04. The highest BCUT2D eigenvalue weighted by Gasteiger charge is 2.10. The SMILES string of the molecule is CC(=CC(=O)c1ccccc1)C(=O)c1ccc(Br)cc1. The van der Waals surface area contributed by atoms with E-state index in [0.29, 0.717) is 16.7 Å². The fourth-order valence-electron chi connectivity index (χ4n) is 1.78. The highest BCUT2D eigenvalue weighted by molar-refractivity contribution is 9.10. The average molecular weight is 329 g/mol. The van der Waals surface area contributed by atoms with E-state index in [1.54, 1.807) is 55.5 Å². The Bertz CT molecular complexity index is 655. The summed E-state index contributed by atoms with van der Waals surface area (Å²) in [6.07, 6.45) is 1.39. The van der Waals surface area contributed by atoms with Crippen molar-refractivity contribution in [1.29, 1.82) is 0 Å². The summed E-state index contributed by atoms with van der Waals surface area (Å²) in [6, 6.07) is 16.0. The van der Waals surface area contributed by atoms with Gasteiger partial charge in [0.25, 0.3) is 0 Å². The monoisotopic (exact) mass is 328 g/mol. The molecule has 0 aliphatic carbocycles. The Balaban J connectivity index is 2.20. The fraction of sp³-hybridized carbons (Fsp3) is 0.0588. The second-order valence-corrected chi connectivity index (χ2v) is 5.31. The summed E-state index contributed by atoms with van der Waals surface area (Å²) in [5.74, 6) is -0.296. The van der Waals surface area contributed by atoms with Crippen LogP contribution in [0.2, 0.25) is 0 Å². The van der Waals surface area contributed by atoms with Gasteiger partial charge in [-0.1, -0.05) is 46.3 Å². The molecule has 2 rings (SSSR count). The van der Waals surface area contributed by atoms with Gasteiger partial charge in [-0.05, 0) is 37.3 Å². The van der Waals surface area contributed by atoms with Crippen LogP contribution in [0.4, 0.5) is 0 Å². The van der Waals surface area contributed by atoms with Gasteiger partial charge in [0.2, 0.25) is 0 Å². The number of Topliss-reactive ketones (excluding diaryl/α,β-unsaturated/α-hetero) is 1. The molecule has 0 atom stereocenters. The van der Waals surface area contributed by atoms with Crippen LogP contribution in [-0.2, 0) is 0 Å². The van der Waals surface area contributed by atoms with Crippen LogP contribution in [0.25, 0.3) is 0 Å². The van der Waals surface area contributed by atoms with E-state index in [0.717, 1.165) is 4.47 Å². The smallest absolute Gasteiger partial charge is 0.188 e. The van der Waals surface area contributed by atoms with E-state index in [1.807, 2.05) is 6.07 Å². The van der Waals surface area contributed by atoms with Crippen LogP contribution in [0.15, 0.2) is 70.7 Å². The number of benzene rings is 2. The number of carbonyl (C=O) groups is 2. The zero-order valence-corrected chi connectivity index (χ0v) is 12.6. The van der Waals surface area contributed by atoms with E-state index >= 15 is 0 Å². The number of ketones is 2. The Morgan fingerprint density at radius 3 is 2.10 bits per heavy atom. The molecule has 0 radical (unpaired) electrons. The van der Waals surface area contributed by atoms with Gasteiger partial charge in [0, 0.05) is 21.2 Å². The number of halogens is 1. The maximum absolute atomic E-state index is 12.2. The molecule has 20 heavy (non-hydrogen) atoms. The molecular formula is C17H13BrO2. The third-order valence-electron chi connectivity index (χ3n) is 2.87. The van der Waals surface area contributed by atoms with Gasteiger partial charge in [0.1, 0.15) is 0 Å². The summed E-state index contributed by atoms with van der Waals surface area (Å²) in [7, 11) is 0. The van der Waals surface area contributed by atoms with Gasteiger partial charge in [-0.15, -0.1) is 0 Å². The summed E-state index contributed by atoms with van der Waals surface area (Å²) in [5, 5.41) is 0. The molecule has 0 aliphatic rings. The summed E-state index contributed by atoms with van der Waals surface area (Å²) in [4.78, 5) is 24.2. The van der Waals surface area contributed by atoms with Gasteiger partial charge in [0.05, 0.1) is 0 Å². The molecular weight excluding hydrogens is 316 g/mol. The molecule has 2 nitrogen and oxygen atoms in total. The van der Waals surface area contributed by atoms with Crippen molar-refractivity contribution in [3.05, 3.63) is 81.8 Å². The predicted molar refractivity (Wildman–Crippen MR) is 83.0 cm³/mol. The van der Waals surface area contributed by atoms with E-state index in [1.165, 1.54) is 6.08 Å². The van der Waals surface area contributed by atoms with Crippen molar-refractivity contribution < 1.29 is 9.59 Å². The molecule has 0 bridgehead atoms. The average Bonchev–Trinajstić information content (AvgIpc) is 2.48. The molecule has 0 unspecified atom stereocenters. The summed E-state index contributed by atoms with van der Waals surface area (Å²) in [6.45, 7) is 1.66. The topological polar surface area (TPSA) is 34.1 Å². The summed E-state index contributed by atoms with van der Waals surface area (Å²) in [5.41, 5.74) is 1.58. The summed E-state index contributed by atoms with van der Waals surface area (Å²) >= 11 is 3.32. The lowest BCUT2D eigenvalue weighted by atomic mass is 10.0. The molecule has 0 aliphatic heterocycles. The largest absolute Gasteiger partial charge is 0.289 e. The van der Waals surface area contributed by atoms with Crippen molar-refractivity contribution in [3.8, 4) is 0 Å². The minimum atomic E-state index is -0.159. The molecule has 0 aromatic heterocycles. The van der Waals surface area contributed by atoms with Gasteiger partial charge < -0.3 is 0 Å². The van der Waals surface area contributed by atoms with Crippen molar-refractivity contribution in [1.82, 2.24) is 0 Å². The van der Waals surface area contributed by atoms with Gasteiger partial charge in [0.15, 0.2) is 11.6 Å². The standard InChI is InChI=1S/C17H13BrO2/c1-12(11-16(19)13-5-3-2-4-6-13)17(20)14-7-9-15(18)10-8-14/h2-11H,1H3. The number of allylic oxidation sites excluding steroid dienone is 2. The number of hydrogen-bond donors (Lipinski definition) is 0. The first-order chi connectivity index (χ1) is 9.58. The van der Waals surface area contributed by atoms with Crippen LogP contribution >= 0.6 is 15.9 Å². The number of hydrogen-bond acceptors (Lipinski definition) is 2. The van der Waals surface area contributed by atoms with Crippen LogP contribution in [0.5, 0.6) is 0 Å². The Hall–Kier alpha value is -2.00.